The third kappa shape index (κ3) is 5.98. The summed E-state index contributed by atoms with van der Waals surface area (Å²) in [6, 6.07) is 8.53. The highest BCUT2D eigenvalue weighted by atomic mass is 79.9. The SMILES string of the molecule is CNCC(CNCCc1cccc(Br)c1)C(C)C. The van der Waals surface area contributed by atoms with Crippen molar-refractivity contribution in [3.63, 3.8) is 0 Å². The van der Waals surface area contributed by atoms with E-state index in [4.69, 9.17) is 0 Å². The molecular weight excluding hydrogens is 288 g/mol. The predicted molar refractivity (Wildman–Crippen MR) is 83.0 cm³/mol. The first-order valence-corrected chi connectivity index (χ1v) is 7.52. The van der Waals surface area contributed by atoms with Gasteiger partial charge in [0.2, 0.25) is 0 Å². The standard InChI is InChI=1S/C15H25BrN2/c1-12(2)14(10-17-3)11-18-8-7-13-5-4-6-15(16)9-13/h4-6,9,12,14,17-18H,7-8,10-11H2,1-3H3. The number of rotatable bonds is 8. The minimum atomic E-state index is 0.706. The lowest BCUT2D eigenvalue weighted by Gasteiger charge is -2.21. The highest BCUT2D eigenvalue weighted by Crippen LogP contribution is 2.12. The molecule has 1 aromatic rings. The molecule has 2 N–H and O–H groups in total. The molecule has 1 unspecified atom stereocenters. The minimum absolute atomic E-state index is 0.706. The maximum atomic E-state index is 3.56. The summed E-state index contributed by atoms with van der Waals surface area (Å²) in [4.78, 5) is 0. The Balaban J connectivity index is 2.25. The largest absolute Gasteiger partial charge is 0.319 e. The highest BCUT2D eigenvalue weighted by molar-refractivity contribution is 9.10. The second-order valence-corrected chi connectivity index (χ2v) is 6.06. The number of hydrogen-bond acceptors (Lipinski definition) is 2. The molecule has 0 aliphatic rings. The van der Waals surface area contributed by atoms with Crippen LogP contribution < -0.4 is 10.6 Å². The van der Waals surface area contributed by atoms with Gasteiger partial charge in [-0.3, -0.25) is 0 Å². The highest BCUT2D eigenvalue weighted by Gasteiger charge is 2.11. The molecule has 0 aromatic heterocycles. The van der Waals surface area contributed by atoms with Crippen LogP contribution in [0.4, 0.5) is 0 Å². The second kappa shape index (κ2) is 8.68. The van der Waals surface area contributed by atoms with Crippen molar-refractivity contribution in [1.29, 1.82) is 0 Å². The Kier molecular flexibility index (Phi) is 7.56. The third-order valence-corrected chi connectivity index (χ3v) is 3.79. The van der Waals surface area contributed by atoms with E-state index in [1.807, 2.05) is 7.05 Å². The Morgan fingerprint density at radius 3 is 2.61 bits per heavy atom. The summed E-state index contributed by atoms with van der Waals surface area (Å²) in [5.41, 5.74) is 1.38. The first-order chi connectivity index (χ1) is 8.63. The van der Waals surface area contributed by atoms with Crippen LogP contribution in [-0.2, 0) is 6.42 Å². The lowest BCUT2D eigenvalue weighted by molar-refractivity contribution is 0.354. The van der Waals surface area contributed by atoms with Crippen LogP contribution in [0.15, 0.2) is 28.7 Å². The minimum Gasteiger partial charge on any atom is -0.319 e. The van der Waals surface area contributed by atoms with Crippen molar-refractivity contribution in [1.82, 2.24) is 10.6 Å². The van der Waals surface area contributed by atoms with Crippen molar-refractivity contribution in [3.8, 4) is 0 Å². The van der Waals surface area contributed by atoms with Crippen LogP contribution in [0.2, 0.25) is 0 Å². The quantitative estimate of drug-likeness (QED) is 0.721. The fourth-order valence-electron chi connectivity index (χ4n) is 2.02. The lowest BCUT2D eigenvalue weighted by atomic mass is 9.96. The summed E-state index contributed by atoms with van der Waals surface area (Å²) < 4.78 is 1.16. The Labute approximate surface area is 120 Å². The zero-order chi connectivity index (χ0) is 13.4. The molecular formula is C15H25BrN2. The van der Waals surface area contributed by atoms with Crippen molar-refractivity contribution in [3.05, 3.63) is 34.3 Å². The van der Waals surface area contributed by atoms with E-state index in [1.165, 1.54) is 5.56 Å². The average molecular weight is 313 g/mol. The summed E-state index contributed by atoms with van der Waals surface area (Å²) in [6.45, 7) is 7.80. The predicted octanol–water partition coefficient (Wildman–Crippen LogP) is 3.07. The van der Waals surface area contributed by atoms with Crippen LogP contribution in [0.3, 0.4) is 0 Å². The molecule has 1 atom stereocenters. The summed E-state index contributed by atoms with van der Waals surface area (Å²) in [6.07, 6.45) is 1.09. The molecule has 0 fully saturated rings. The second-order valence-electron chi connectivity index (χ2n) is 5.15. The maximum absolute atomic E-state index is 3.56. The van der Waals surface area contributed by atoms with E-state index < -0.39 is 0 Å². The van der Waals surface area contributed by atoms with Crippen molar-refractivity contribution in [2.75, 3.05) is 26.7 Å². The molecule has 0 saturated heterocycles. The molecule has 1 aromatic carbocycles. The fraction of sp³-hybridized carbons (Fsp3) is 0.600. The van der Waals surface area contributed by atoms with Gasteiger partial charge in [-0.2, -0.15) is 0 Å². The molecule has 0 saturated carbocycles. The third-order valence-electron chi connectivity index (χ3n) is 3.30. The molecule has 0 amide bonds. The van der Waals surface area contributed by atoms with E-state index in [2.05, 4.69) is 64.7 Å². The van der Waals surface area contributed by atoms with Gasteiger partial charge in [-0.05, 0) is 62.6 Å². The summed E-state index contributed by atoms with van der Waals surface area (Å²) in [7, 11) is 2.02. The van der Waals surface area contributed by atoms with Crippen LogP contribution in [0.1, 0.15) is 19.4 Å². The first-order valence-electron chi connectivity index (χ1n) is 6.73. The Morgan fingerprint density at radius 2 is 2.00 bits per heavy atom. The van der Waals surface area contributed by atoms with Crippen molar-refractivity contribution >= 4 is 15.9 Å². The Morgan fingerprint density at radius 1 is 1.22 bits per heavy atom. The normalized spacial score (nSPS) is 12.9. The van der Waals surface area contributed by atoms with Gasteiger partial charge in [0.1, 0.15) is 0 Å². The van der Waals surface area contributed by atoms with Crippen LogP contribution in [0.25, 0.3) is 0 Å². The van der Waals surface area contributed by atoms with Crippen molar-refractivity contribution in [2.24, 2.45) is 11.8 Å². The van der Waals surface area contributed by atoms with Crippen LogP contribution in [0.5, 0.6) is 0 Å². The van der Waals surface area contributed by atoms with Crippen molar-refractivity contribution < 1.29 is 0 Å². The van der Waals surface area contributed by atoms with Gasteiger partial charge in [-0.1, -0.05) is 41.9 Å². The molecule has 0 aliphatic carbocycles. The van der Waals surface area contributed by atoms with E-state index in [0.29, 0.717) is 5.92 Å². The number of halogens is 1. The molecule has 0 radical (unpaired) electrons. The van der Waals surface area contributed by atoms with Gasteiger partial charge in [0, 0.05) is 4.47 Å². The van der Waals surface area contributed by atoms with Gasteiger partial charge < -0.3 is 10.6 Å². The smallest absolute Gasteiger partial charge is 0.0178 e. The van der Waals surface area contributed by atoms with Gasteiger partial charge in [-0.25, -0.2) is 0 Å². The van der Waals surface area contributed by atoms with Crippen LogP contribution in [0, 0.1) is 11.8 Å². The van der Waals surface area contributed by atoms with Gasteiger partial charge in [-0.15, -0.1) is 0 Å². The van der Waals surface area contributed by atoms with E-state index in [9.17, 15) is 0 Å². The molecule has 0 spiro atoms. The molecule has 3 heteroatoms. The fourth-order valence-corrected chi connectivity index (χ4v) is 2.47. The van der Waals surface area contributed by atoms with Gasteiger partial charge in [0.25, 0.3) is 0 Å². The topological polar surface area (TPSA) is 24.1 Å². The zero-order valence-electron chi connectivity index (χ0n) is 11.7. The van der Waals surface area contributed by atoms with Crippen molar-refractivity contribution in [2.45, 2.75) is 20.3 Å². The molecule has 1 rings (SSSR count). The average Bonchev–Trinajstić information content (AvgIpc) is 2.33. The van der Waals surface area contributed by atoms with E-state index in [0.717, 1.165) is 36.4 Å². The van der Waals surface area contributed by atoms with Crippen LogP contribution in [-0.4, -0.2) is 26.7 Å². The van der Waals surface area contributed by atoms with Gasteiger partial charge in [0.15, 0.2) is 0 Å². The van der Waals surface area contributed by atoms with E-state index in [-0.39, 0.29) is 0 Å². The Bertz CT molecular complexity index is 339. The number of nitrogens with one attached hydrogen (secondary N) is 2. The summed E-state index contributed by atoms with van der Waals surface area (Å²) >= 11 is 3.51. The zero-order valence-corrected chi connectivity index (χ0v) is 13.3. The molecule has 102 valence electrons. The summed E-state index contributed by atoms with van der Waals surface area (Å²) in [5, 5.41) is 6.83. The maximum Gasteiger partial charge on any atom is 0.0178 e. The van der Waals surface area contributed by atoms with E-state index >= 15 is 0 Å². The van der Waals surface area contributed by atoms with Gasteiger partial charge >= 0.3 is 0 Å². The molecule has 0 aliphatic heterocycles. The first kappa shape index (κ1) is 15.7. The van der Waals surface area contributed by atoms with Crippen LogP contribution >= 0.6 is 15.9 Å². The number of benzene rings is 1. The Hall–Kier alpha value is -0.380. The molecule has 2 nitrogen and oxygen atoms in total. The summed E-state index contributed by atoms with van der Waals surface area (Å²) in [5.74, 6) is 1.42. The lowest BCUT2D eigenvalue weighted by Crippen LogP contribution is -2.34. The van der Waals surface area contributed by atoms with E-state index in [1.54, 1.807) is 0 Å². The van der Waals surface area contributed by atoms with Gasteiger partial charge in [0.05, 0.1) is 0 Å². The number of hydrogen-bond donors (Lipinski definition) is 2. The molecule has 0 heterocycles. The molecule has 18 heavy (non-hydrogen) atoms. The molecule has 0 bridgehead atoms. The monoisotopic (exact) mass is 312 g/mol.